The van der Waals surface area contributed by atoms with Crippen molar-refractivity contribution in [2.24, 2.45) is 11.7 Å². The lowest BCUT2D eigenvalue weighted by atomic mass is 9.82. The molecule has 0 saturated heterocycles. The molecule has 5 nitrogen and oxygen atoms in total. The monoisotopic (exact) mass is 294 g/mol. The van der Waals surface area contributed by atoms with E-state index in [1.54, 1.807) is 0 Å². The van der Waals surface area contributed by atoms with Crippen LogP contribution in [0.4, 0.5) is 0 Å². The third-order valence-corrected chi connectivity index (χ3v) is 3.90. The van der Waals surface area contributed by atoms with Gasteiger partial charge in [0.25, 0.3) is 0 Å². The van der Waals surface area contributed by atoms with Crippen molar-refractivity contribution >= 4 is 0 Å². The van der Waals surface area contributed by atoms with Gasteiger partial charge in [0.15, 0.2) is 0 Å². The van der Waals surface area contributed by atoms with E-state index in [2.05, 4.69) is 4.90 Å². The maximum Gasteiger partial charge on any atom is 0.119 e. The lowest BCUT2D eigenvalue weighted by Crippen LogP contribution is -2.40. The summed E-state index contributed by atoms with van der Waals surface area (Å²) in [6, 6.07) is 7.59. The molecule has 0 heterocycles. The second-order valence-corrected chi connectivity index (χ2v) is 6.03. The Bertz CT molecular complexity index is 418. The first-order valence-electron chi connectivity index (χ1n) is 7.53. The summed E-state index contributed by atoms with van der Waals surface area (Å²) in [4.78, 5) is 2.10. The SMILES string of the molecule is CN(CC(O)COc1ccc(CN)cc1)CC1CC(O)C1. The fraction of sp³-hybridized carbons (Fsp3) is 0.625. The van der Waals surface area contributed by atoms with E-state index < -0.39 is 6.10 Å². The molecule has 1 unspecified atom stereocenters. The number of hydrogen-bond donors (Lipinski definition) is 3. The van der Waals surface area contributed by atoms with Gasteiger partial charge in [-0.2, -0.15) is 0 Å². The topological polar surface area (TPSA) is 79.0 Å². The molecule has 5 heteroatoms. The number of likely N-dealkylation sites (N-methyl/N-ethyl adjacent to an activating group) is 1. The number of benzene rings is 1. The van der Waals surface area contributed by atoms with Crippen LogP contribution >= 0.6 is 0 Å². The fourth-order valence-electron chi connectivity index (χ4n) is 2.69. The van der Waals surface area contributed by atoms with E-state index >= 15 is 0 Å². The number of nitrogens with zero attached hydrogens (tertiary/aromatic N) is 1. The van der Waals surface area contributed by atoms with Crippen molar-refractivity contribution in [3.8, 4) is 5.75 Å². The van der Waals surface area contributed by atoms with Crippen molar-refractivity contribution in [3.05, 3.63) is 29.8 Å². The first kappa shape index (κ1) is 16.2. The molecule has 0 amide bonds. The molecule has 1 aromatic carbocycles. The van der Waals surface area contributed by atoms with Crippen molar-refractivity contribution < 1.29 is 14.9 Å². The number of aliphatic hydroxyl groups excluding tert-OH is 2. The highest BCUT2D eigenvalue weighted by atomic mass is 16.5. The van der Waals surface area contributed by atoms with E-state index in [4.69, 9.17) is 10.5 Å². The number of hydrogen-bond acceptors (Lipinski definition) is 5. The zero-order valence-corrected chi connectivity index (χ0v) is 12.6. The Hall–Kier alpha value is -1.14. The lowest BCUT2D eigenvalue weighted by molar-refractivity contribution is 0.0162. The Labute approximate surface area is 126 Å². The fourth-order valence-corrected chi connectivity index (χ4v) is 2.69. The molecule has 2 rings (SSSR count). The molecule has 1 atom stereocenters. The Kier molecular flexibility index (Phi) is 5.99. The zero-order chi connectivity index (χ0) is 15.2. The predicted molar refractivity (Wildman–Crippen MR) is 82.1 cm³/mol. The molecule has 1 aliphatic carbocycles. The van der Waals surface area contributed by atoms with Gasteiger partial charge in [-0.3, -0.25) is 0 Å². The Morgan fingerprint density at radius 3 is 2.57 bits per heavy atom. The quantitative estimate of drug-likeness (QED) is 0.654. The van der Waals surface area contributed by atoms with E-state index in [9.17, 15) is 10.2 Å². The summed E-state index contributed by atoms with van der Waals surface area (Å²) in [5.74, 6) is 1.30. The molecule has 0 radical (unpaired) electrons. The van der Waals surface area contributed by atoms with Crippen molar-refractivity contribution in [3.63, 3.8) is 0 Å². The molecular weight excluding hydrogens is 268 g/mol. The van der Waals surface area contributed by atoms with Crippen molar-refractivity contribution in [2.45, 2.75) is 31.6 Å². The summed E-state index contributed by atoms with van der Waals surface area (Å²) in [5.41, 5.74) is 6.60. The minimum atomic E-state index is -0.519. The highest BCUT2D eigenvalue weighted by Gasteiger charge is 2.28. The second kappa shape index (κ2) is 7.75. The zero-order valence-electron chi connectivity index (χ0n) is 12.6. The van der Waals surface area contributed by atoms with E-state index in [1.165, 1.54) is 0 Å². The van der Waals surface area contributed by atoms with E-state index in [0.717, 1.165) is 30.7 Å². The van der Waals surface area contributed by atoms with Gasteiger partial charge in [0.05, 0.1) is 6.10 Å². The van der Waals surface area contributed by atoms with Crippen LogP contribution in [0.2, 0.25) is 0 Å². The van der Waals surface area contributed by atoms with Gasteiger partial charge in [0.1, 0.15) is 18.5 Å². The molecule has 1 aromatic rings. The Morgan fingerprint density at radius 2 is 2.00 bits per heavy atom. The minimum absolute atomic E-state index is 0.117. The van der Waals surface area contributed by atoms with E-state index in [0.29, 0.717) is 19.0 Å². The summed E-state index contributed by atoms with van der Waals surface area (Å²) in [6.07, 6.45) is 1.12. The van der Waals surface area contributed by atoms with Crippen molar-refractivity contribution in [2.75, 3.05) is 26.7 Å². The van der Waals surface area contributed by atoms with Gasteiger partial charge in [-0.25, -0.2) is 0 Å². The number of ether oxygens (including phenoxy) is 1. The van der Waals surface area contributed by atoms with E-state index in [-0.39, 0.29) is 12.7 Å². The molecule has 1 saturated carbocycles. The summed E-state index contributed by atoms with van der Waals surface area (Å²) < 4.78 is 5.57. The first-order chi connectivity index (χ1) is 10.1. The summed E-state index contributed by atoms with van der Waals surface area (Å²) in [5, 5.41) is 19.3. The van der Waals surface area contributed by atoms with Gasteiger partial charge < -0.3 is 25.6 Å². The molecule has 0 spiro atoms. The molecule has 0 aromatic heterocycles. The largest absolute Gasteiger partial charge is 0.491 e. The van der Waals surface area contributed by atoms with Gasteiger partial charge >= 0.3 is 0 Å². The summed E-state index contributed by atoms with van der Waals surface area (Å²) in [7, 11) is 1.99. The van der Waals surface area contributed by atoms with Gasteiger partial charge in [0, 0.05) is 19.6 Å². The third-order valence-electron chi connectivity index (χ3n) is 3.90. The van der Waals surface area contributed by atoms with Gasteiger partial charge in [-0.15, -0.1) is 0 Å². The highest BCUT2D eigenvalue weighted by molar-refractivity contribution is 5.27. The maximum atomic E-state index is 10.0. The van der Waals surface area contributed by atoms with Crippen LogP contribution < -0.4 is 10.5 Å². The lowest BCUT2D eigenvalue weighted by Gasteiger charge is -2.35. The maximum absolute atomic E-state index is 10.0. The molecule has 4 N–H and O–H groups in total. The van der Waals surface area contributed by atoms with Gasteiger partial charge in [-0.1, -0.05) is 12.1 Å². The molecule has 118 valence electrons. The number of aliphatic hydroxyl groups is 2. The molecular formula is C16H26N2O3. The summed E-state index contributed by atoms with van der Waals surface area (Å²) >= 11 is 0. The number of rotatable bonds is 8. The Morgan fingerprint density at radius 1 is 1.33 bits per heavy atom. The molecule has 1 fully saturated rings. The molecule has 0 bridgehead atoms. The van der Waals surface area contributed by atoms with Crippen LogP contribution in [0, 0.1) is 5.92 Å². The first-order valence-corrected chi connectivity index (χ1v) is 7.53. The minimum Gasteiger partial charge on any atom is -0.491 e. The smallest absolute Gasteiger partial charge is 0.119 e. The predicted octanol–water partition coefficient (Wildman–Crippen LogP) is 0.588. The van der Waals surface area contributed by atoms with Crippen LogP contribution in [0.25, 0.3) is 0 Å². The van der Waals surface area contributed by atoms with Crippen LogP contribution in [-0.4, -0.2) is 54.1 Å². The van der Waals surface area contributed by atoms with Gasteiger partial charge in [-0.05, 0) is 43.5 Å². The van der Waals surface area contributed by atoms with Crippen LogP contribution in [-0.2, 0) is 6.54 Å². The summed E-state index contributed by atoms with van der Waals surface area (Å²) in [6.45, 7) is 2.29. The highest BCUT2D eigenvalue weighted by Crippen LogP contribution is 2.27. The number of nitrogens with two attached hydrogens (primary N) is 1. The standard InChI is InChI=1S/C16H26N2O3/c1-18(9-13-6-14(19)7-13)10-15(20)11-21-16-4-2-12(8-17)3-5-16/h2-5,13-15,19-20H,6-11,17H2,1H3. The average Bonchev–Trinajstić information content (AvgIpc) is 2.44. The van der Waals surface area contributed by atoms with Crippen LogP contribution in [0.1, 0.15) is 18.4 Å². The van der Waals surface area contributed by atoms with Crippen LogP contribution in [0.15, 0.2) is 24.3 Å². The molecule has 0 aliphatic heterocycles. The second-order valence-electron chi connectivity index (χ2n) is 6.03. The van der Waals surface area contributed by atoms with Crippen LogP contribution in [0.5, 0.6) is 5.75 Å². The Balaban J connectivity index is 1.65. The van der Waals surface area contributed by atoms with Gasteiger partial charge in [0.2, 0.25) is 0 Å². The normalized spacial score (nSPS) is 22.9. The van der Waals surface area contributed by atoms with Crippen LogP contribution in [0.3, 0.4) is 0 Å². The third kappa shape index (κ3) is 5.28. The molecule has 1 aliphatic rings. The molecule has 21 heavy (non-hydrogen) atoms. The van der Waals surface area contributed by atoms with Crippen molar-refractivity contribution in [1.82, 2.24) is 4.90 Å². The van der Waals surface area contributed by atoms with Crippen molar-refractivity contribution in [1.29, 1.82) is 0 Å². The average molecular weight is 294 g/mol. The van der Waals surface area contributed by atoms with E-state index in [1.807, 2.05) is 31.3 Å².